The van der Waals surface area contributed by atoms with Crippen LogP contribution in [0.2, 0.25) is 0 Å². The summed E-state index contributed by atoms with van der Waals surface area (Å²) in [6, 6.07) is 6.61. The van der Waals surface area contributed by atoms with E-state index in [9.17, 15) is 19.2 Å². The lowest BCUT2D eigenvalue weighted by molar-refractivity contribution is -0.123. The van der Waals surface area contributed by atoms with E-state index in [0.717, 1.165) is 17.0 Å². The number of esters is 3. The maximum absolute atomic E-state index is 12.8. The molecule has 3 aromatic rings. The Labute approximate surface area is 221 Å². The van der Waals surface area contributed by atoms with Crippen molar-refractivity contribution < 1.29 is 33.4 Å². The quantitative estimate of drug-likeness (QED) is 0.239. The van der Waals surface area contributed by atoms with Crippen LogP contribution < -0.4 is 5.32 Å². The minimum atomic E-state index is -1.20. The zero-order valence-electron chi connectivity index (χ0n) is 21.1. The zero-order chi connectivity index (χ0) is 27.3. The van der Waals surface area contributed by atoms with Gasteiger partial charge >= 0.3 is 17.9 Å². The fourth-order valence-electron chi connectivity index (χ4n) is 3.36. The average Bonchev–Trinajstić information content (AvgIpc) is 3.42. The lowest BCUT2D eigenvalue weighted by Gasteiger charge is -2.14. The van der Waals surface area contributed by atoms with Crippen LogP contribution in [0.4, 0.5) is 5.00 Å². The molecule has 1 amide bonds. The number of aryl methyl sites for hydroxylation is 1. The number of methoxy groups -OCH3 is 1. The van der Waals surface area contributed by atoms with E-state index in [1.54, 1.807) is 38.1 Å². The second-order valence-electron chi connectivity index (χ2n) is 7.63. The first-order valence-electron chi connectivity index (χ1n) is 11.1. The maximum Gasteiger partial charge on any atom is 0.348 e. The molecule has 0 bridgehead atoms. The normalized spacial score (nSPS) is 11.5. The monoisotopic (exact) mass is 546 g/mol. The molecule has 1 atom stereocenters. The molecule has 11 nitrogen and oxygen atoms in total. The second kappa shape index (κ2) is 12.0. The van der Waals surface area contributed by atoms with Crippen molar-refractivity contribution in [2.75, 3.05) is 25.3 Å². The molecule has 0 aliphatic heterocycles. The number of anilines is 1. The molecule has 2 heterocycles. The van der Waals surface area contributed by atoms with Crippen molar-refractivity contribution >= 4 is 51.9 Å². The van der Waals surface area contributed by atoms with E-state index in [2.05, 4.69) is 15.5 Å². The highest BCUT2D eigenvalue weighted by atomic mass is 32.2. The molecular formula is C24H26N4O7S2. The van der Waals surface area contributed by atoms with Gasteiger partial charge in [0.2, 0.25) is 0 Å². The molecule has 0 saturated heterocycles. The number of amides is 1. The third-order valence-electron chi connectivity index (χ3n) is 5.23. The van der Waals surface area contributed by atoms with Crippen LogP contribution >= 0.6 is 23.1 Å². The van der Waals surface area contributed by atoms with Gasteiger partial charge in [-0.05, 0) is 63.8 Å². The van der Waals surface area contributed by atoms with E-state index < -0.39 is 29.9 Å². The van der Waals surface area contributed by atoms with Gasteiger partial charge in [0.25, 0.3) is 5.91 Å². The molecule has 0 aliphatic carbocycles. The summed E-state index contributed by atoms with van der Waals surface area (Å²) in [6.45, 7) is 6.59. The topological polar surface area (TPSA) is 139 Å². The first-order valence-corrected chi connectivity index (χ1v) is 13.1. The summed E-state index contributed by atoms with van der Waals surface area (Å²) in [5, 5.41) is 11.5. The summed E-state index contributed by atoms with van der Waals surface area (Å²) in [6.07, 6.45) is 0.691. The third-order valence-corrected chi connectivity index (χ3v) is 7.04. The Hall–Kier alpha value is -3.71. The van der Waals surface area contributed by atoms with Gasteiger partial charge in [0.15, 0.2) is 11.3 Å². The Morgan fingerprint density at radius 3 is 2.35 bits per heavy atom. The summed E-state index contributed by atoms with van der Waals surface area (Å²) in [7, 11) is 1.19. The SMILES string of the molecule is CCOC(=O)c1sc(NC(=O)C(C)OC(=O)c2ccc(-n3c(C)nnc3SC)cc2)c(C(=O)OC)c1C. The number of carbonyl (C=O) groups is 4. The largest absolute Gasteiger partial charge is 0.465 e. The van der Waals surface area contributed by atoms with Gasteiger partial charge < -0.3 is 19.5 Å². The van der Waals surface area contributed by atoms with E-state index in [-0.39, 0.29) is 27.6 Å². The molecule has 1 N–H and O–H groups in total. The molecule has 0 fully saturated rings. The van der Waals surface area contributed by atoms with Crippen molar-refractivity contribution in [2.45, 2.75) is 39.0 Å². The van der Waals surface area contributed by atoms with Crippen LogP contribution in [0, 0.1) is 13.8 Å². The van der Waals surface area contributed by atoms with Gasteiger partial charge in [-0.3, -0.25) is 9.36 Å². The van der Waals surface area contributed by atoms with Crippen molar-refractivity contribution in [3.05, 3.63) is 51.7 Å². The maximum atomic E-state index is 12.8. The van der Waals surface area contributed by atoms with Crippen LogP contribution in [0.15, 0.2) is 29.4 Å². The number of nitrogens with one attached hydrogen (secondary N) is 1. The van der Waals surface area contributed by atoms with Crippen LogP contribution in [0.25, 0.3) is 5.69 Å². The summed E-state index contributed by atoms with van der Waals surface area (Å²) in [5.74, 6) is -2.03. The van der Waals surface area contributed by atoms with Gasteiger partial charge in [-0.1, -0.05) is 11.8 Å². The van der Waals surface area contributed by atoms with Crippen molar-refractivity contribution in [3.63, 3.8) is 0 Å². The van der Waals surface area contributed by atoms with Crippen molar-refractivity contribution in [3.8, 4) is 5.69 Å². The van der Waals surface area contributed by atoms with Crippen LogP contribution in [0.3, 0.4) is 0 Å². The number of thioether (sulfide) groups is 1. The molecule has 37 heavy (non-hydrogen) atoms. The predicted molar refractivity (Wildman–Crippen MR) is 138 cm³/mol. The number of hydrogen-bond acceptors (Lipinski definition) is 11. The highest BCUT2D eigenvalue weighted by Crippen LogP contribution is 2.34. The predicted octanol–water partition coefficient (Wildman–Crippen LogP) is 3.81. The average molecular weight is 547 g/mol. The van der Waals surface area contributed by atoms with Crippen LogP contribution in [-0.4, -0.2) is 64.7 Å². The Morgan fingerprint density at radius 2 is 1.76 bits per heavy atom. The molecule has 0 aliphatic rings. The van der Waals surface area contributed by atoms with Gasteiger partial charge in [-0.15, -0.1) is 21.5 Å². The first-order chi connectivity index (χ1) is 17.6. The summed E-state index contributed by atoms with van der Waals surface area (Å²) in [5.41, 5.74) is 1.37. The second-order valence-corrected chi connectivity index (χ2v) is 9.42. The molecule has 1 unspecified atom stereocenters. The van der Waals surface area contributed by atoms with E-state index in [1.807, 2.05) is 17.7 Å². The van der Waals surface area contributed by atoms with Crippen molar-refractivity contribution in [2.24, 2.45) is 0 Å². The van der Waals surface area contributed by atoms with Crippen LogP contribution in [0.1, 0.15) is 55.6 Å². The van der Waals surface area contributed by atoms with Gasteiger partial charge in [-0.25, -0.2) is 14.4 Å². The number of benzene rings is 1. The number of rotatable bonds is 9. The molecule has 3 rings (SSSR count). The molecule has 13 heteroatoms. The van der Waals surface area contributed by atoms with Gasteiger partial charge in [0.1, 0.15) is 15.7 Å². The Balaban J connectivity index is 1.74. The number of hydrogen-bond donors (Lipinski definition) is 1. The first kappa shape index (κ1) is 27.9. The number of thiophene rings is 1. The van der Waals surface area contributed by atoms with Crippen LogP contribution in [0.5, 0.6) is 0 Å². The lowest BCUT2D eigenvalue weighted by Crippen LogP contribution is -2.30. The van der Waals surface area contributed by atoms with Gasteiger partial charge in [-0.2, -0.15) is 0 Å². The van der Waals surface area contributed by atoms with E-state index in [4.69, 9.17) is 14.2 Å². The molecule has 0 radical (unpaired) electrons. The highest BCUT2D eigenvalue weighted by Gasteiger charge is 2.29. The Bertz CT molecular complexity index is 1330. The molecular weight excluding hydrogens is 520 g/mol. The summed E-state index contributed by atoms with van der Waals surface area (Å²) < 4.78 is 17.0. The number of ether oxygens (including phenoxy) is 3. The van der Waals surface area contributed by atoms with Crippen molar-refractivity contribution in [1.29, 1.82) is 0 Å². The van der Waals surface area contributed by atoms with E-state index >= 15 is 0 Å². The smallest absolute Gasteiger partial charge is 0.348 e. The molecule has 196 valence electrons. The standard InChI is InChI=1S/C24H26N4O7S2/c1-7-34-23(32)18-12(2)17(22(31)33-5)20(37-18)25-19(29)13(3)35-21(30)15-8-10-16(11-9-15)28-14(4)26-27-24(28)36-6/h8-11,13H,7H2,1-6H3,(H,25,29). The van der Waals surface area contributed by atoms with E-state index in [1.165, 1.54) is 25.8 Å². The minimum Gasteiger partial charge on any atom is -0.465 e. The molecule has 0 spiro atoms. The fraction of sp³-hybridized carbons (Fsp3) is 0.333. The highest BCUT2D eigenvalue weighted by molar-refractivity contribution is 7.98. The van der Waals surface area contributed by atoms with Gasteiger partial charge in [0, 0.05) is 5.69 Å². The van der Waals surface area contributed by atoms with E-state index in [0.29, 0.717) is 16.5 Å². The number of aromatic nitrogens is 3. The number of carbonyl (C=O) groups excluding carboxylic acids is 4. The molecule has 1 aromatic carbocycles. The number of nitrogens with zero attached hydrogens (tertiary/aromatic N) is 3. The van der Waals surface area contributed by atoms with Crippen LogP contribution in [-0.2, 0) is 19.0 Å². The molecule has 2 aromatic heterocycles. The Kier molecular flexibility index (Phi) is 9.05. The summed E-state index contributed by atoms with van der Waals surface area (Å²) in [4.78, 5) is 50.2. The Morgan fingerprint density at radius 1 is 1.08 bits per heavy atom. The zero-order valence-corrected chi connectivity index (χ0v) is 22.7. The summed E-state index contributed by atoms with van der Waals surface area (Å²) >= 11 is 2.32. The third kappa shape index (κ3) is 6.00. The minimum absolute atomic E-state index is 0.0342. The van der Waals surface area contributed by atoms with Crippen molar-refractivity contribution in [1.82, 2.24) is 14.8 Å². The fourth-order valence-corrected chi connectivity index (χ4v) is 4.99. The van der Waals surface area contributed by atoms with Gasteiger partial charge in [0.05, 0.1) is 24.8 Å². The lowest BCUT2D eigenvalue weighted by atomic mass is 10.1. The molecule has 0 saturated carbocycles.